The van der Waals surface area contributed by atoms with E-state index < -0.39 is 6.10 Å². The largest absolute Gasteiger partial charge is 0.462 e. The van der Waals surface area contributed by atoms with Gasteiger partial charge in [-0.25, -0.2) is 0 Å². The van der Waals surface area contributed by atoms with Gasteiger partial charge in [-0.3, -0.25) is 14.4 Å². The van der Waals surface area contributed by atoms with Crippen molar-refractivity contribution in [3.05, 3.63) is 60.8 Å². The fourth-order valence-corrected chi connectivity index (χ4v) is 10.2. The van der Waals surface area contributed by atoms with E-state index in [1.807, 2.05) is 0 Å². The molecule has 0 aromatic carbocycles. The molecule has 0 aliphatic rings. The van der Waals surface area contributed by atoms with Crippen LogP contribution in [0.25, 0.3) is 0 Å². The Morgan fingerprint density at radius 2 is 0.456 bits per heavy atom. The second-order valence-corrected chi connectivity index (χ2v) is 23.4. The van der Waals surface area contributed by atoms with Crippen molar-refractivity contribution in [2.75, 3.05) is 13.2 Å². The molecular formula is C73H132O6. The van der Waals surface area contributed by atoms with Crippen LogP contribution in [0.4, 0.5) is 0 Å². The molecule has 0 amide bonds. The van der Waals surface area contributed by atoms with Crippen LogP contribution in [-0.4, -0.2) is 37.2 Å². The molecule has 6 heteroatoms. The Morgan fingerprint density at radius 1 is 0.253 bits per heavy atom. The van der Waals surface area contributed by atoms with E-state index >= 15 is 0 Å². The van der Waals surface area contributed by atoms with Gasteiger partial charge in [0, 0.05) is 19.3 Å². The fraction of sp³-hybridized carbons (Fsp3) is 0.822. The molecule has 1 unspecified atom stereocenters. The third-order valence-electron chi connectivity index (χ3n) is 15.5. The second kappa shape index (κ2) is 67.6. The van der Waals surface area contributed by atoms with Crippen LogP contribution in [0.1, 0.15) is 367 Å². The van der Waals surface area contributed by atoms with Crippen LogP contribution >= 0.6 is 0 Å². The van der Waals surface area contributed by atoms with E-state index in [-0.39, 0.29) is 31.1 Å². The maximum absolute atomic E-state index is 12.9. The Labute approximate surface area is 491 Å². The predicted molar refractivity (Wildman–Crippen MR) is 344 cm³/mol. The first-order chi connectivity index (χ1) is 39.0. The molecule has 6 nitrogen and oxygen atoms in total. The minimum absolute atomic E-state index is 0.0782. The first-order valence-corrected chi connectivity index (χ1v) is 34.8. The van der Waals surface area contributed by atoms with Crippen LogP contribution < -0.4 is 0 Å². The number of rotatable bonds is 64. The van der Waals surface area contributed by atoms with Gasteiger partial charge in [0.2, 0.25) is 0 Å². The van der Waals surface area contributed by atoms with Crippen molar-refractivity contribution >= 4 is 17.9 Å². The summed E-state index contributed by atoms with van der Waals surface area (Å²) in [6.07, 6.45) is 86.6. The van der Waals surface area contributed by atoms with Crippen LogP contribution in [-0.2, 0) is 28.6 Å². The SMILES string of the molecule is CCCCC/C=C\C/C=C\C/C=C\CCCCCCCCC(=O)OC(COC(=O)CCCCCCCCCCC/C=C\CCCCCCCC)COC(=O)CCCCCCCCCCCCC/C=C\CCCCCCCCCC. The van der Waals surface area contributed by atoms with Gasteiger partial charge in [0.15, 0.2) is 6.10 Å². The first-order valence-electron chi connectivity index (χ1n) is 34.8. The average molecular weight is 1110 g/mol. The van der Waals surface area contributed by atoms with Crippen molar-refractivity contribution in [1.29, 1.82) is 0 Å². The third kappa shape index (κ3) is 65.8. The molecule has 0 saturated heterocycles. The van der Waals surface area contributed by atoms with Crippen LogP contribution in [0.5, 0.6) is 0 Å². The van der Waals surface area contributed by atoms with Crippen LogP contribution in [0, 0.1) is 0 Å². The Hall–Kier alpha value is -2.89. The summed E-state index contributed by atoms with van der Waals surface area (Å²) in [4.78, 5) is 38.5. The molecule has 1 atom stereocenters. The lowest BCUT2D eigenvalue weighted by atomic mass is 10.0. The van der Waals surface area contributed by atoms with Crippen molar-refractivity contribution in [3.8, 4) is 0 Å². The maximum Gasteiger partial charge on any atom is 0.306 e. The standard InChI is InChI=1S/C73H132O6/c1-4-7-10-13-16-19-22-25-28-31-34-35-36-37-40-42-45-48-51-54-57-60-63-66-72(75)78-69-70(79-73(76)67-64-61-58-55-52-49-46-43-39-33-30-27-24-21-18-15-12-9-6-3)68-77-71(74)65-62-59-56-53-50-47-44-41-38-32-29-26-23-20-17-14-11-8-5-2/h18,21,26-27,29-31,34,39,43,70H,4-17,19-20,22-25,28,32-33,35-38,40-42,44-69H2,1-3H3/b21-18-,29-26-,30-27-,34-31-,43-39-. The number of unbranched alkanes of at least 4 members (excludes halogenated alkanes) is 43. The molecule has 0 bridgehead atoms. The van der Waals surface area contributed by atoms with E-state index in [9.17, 15) is 14.4 Å². The molecule has 0 saturated carbocycles. The summed E-state index contributed by atoms with van der Waals surface area (Å²) in [5.74, 6) is -0.872. The molecule has 0 rings (SSSR count). The smallest absolute Gasteiger partial charge is 0.306 e. The van der Waals surface area contributed by atoms with Gasteiger partial charge in [-0.15, -0.1) is 0 Å². The normalized spacial score (nSPS) is 12.4. The van der Waals surface area contributed by atoms with Crippen LogP contribution in [0.15, 0.2) is 60.8 Å². The second-order valence-electron chi connectivity index (χ2n) is 23.4. The molecule has 0 fully saturated rings. The van der Waals surface area contributed by atoms with Gasteiger partial charge in [0.25, 0.3) is 0 Å². The highest BCUT2D eigenvalue weighted by Crippen LogP contribution is 2.17. The summed E-state index contributed by atoms with van der Waals surface area (Å²) >= 11 is 0. The minimum Gasteiger partial charge on any atom is -0.462 e. The molecule has 0 aliphatic heterocycles. The van der Waals surface area contributed by atoms with Gasteiger partial charge in [-0.2, -0.15) is 0 Å². The Bertz CT molecular complexity index is 1410. The summed E-state index contributed by atoms with van der Waals surface area (Å²) in [5.41, 5.74) is 0. The number of esters is 3. The van der Waals surface area contributed by atoms with Gasteiger partial charge in [0.1, 0.15) is 13.2 Å². The van der Waals surface area contributed by atoms with E-state index in [2.05, 4.69) is 81.5 Å². The van der Waals surface area contributed by atoms with Crippen molar-refractivity contribution < 1.29 is 28.6 Å². The molecule has 460 valence electrons. The van der Waals surface area contributed by atoms with E-state index in [1.165, 1.54) is 244 Å². The van der Waals surface area contributed by atoms with E-state index in [1.54, 1.807) is 0 Å². The minimum atomic E-state index is -0.784. The van der Waals surface area contributed by atoms with Crippen molar-refractivity contribution in [1.82, 2.24) is 0 Å². The van der Waals surface area contributed by atoms with Crippen molar-refractivity contribution in [2.45, 2.75) is 374 Å². The topological polar surface area (TPSA) is 78.9 Å². The lowest BCUT2D eigenvalue weighted by Crippen LogP contribution is -2.30. The number of allylic oxidation sites excluding steroid dienone is 10. The lowest BCUT2D eigenvalue weighted by molar-refractivity contribution is -0.167. The van der Waals surface area contributed by atoms with Crippen molar-refractivity contribution in [3.63, 3.8) is 0 Å². The predicted octanol–water partition coefficient (Wildman–Crippen LogP) is 23.9. The van der Waals surface area contributed by atoms with Gasteiger partial charge in [-0.1, -0.05) is 300 Å². The summed E-state index contributed by atoms with van der Waals surface area (Å²) in [6, 6.07) is 0. The summed E-state index contributed by atoms with van der Waals surface area (Å²) < 4.78 is 17.0. The summed E-state index contributed by atoms with van der Waals surface area (Å²) in [5, 5.41) is 0. The first kappa shape index (κ1) is 76.1. The molecule has 0 heterocycles. The molecular weight excluding hydrogens is 973 g/mol. The van der Waals surface area contributed by atoms with Gasteiger partial charge in [0.05, 0.1) is 0 Å². The summed E-state index contributed by atoms with van der Waals surface area (Å²) in [6.45, 7) is 6.65. The zero-order chi connectivity index (χ0) is 57.1. The summed E-state index contributed by atoms with van der Waals surface area (Å²) in [7, 11) is 0. The molecule has 0 aliphatic carbocycles. The van der Waals surface area contributed by atoms with E-state index in [0.717, 1.165) is 83.5 Å². The van der Waals surface area contributed by atoms with Crippen molar-refractivity contribution in [2.24, 2.45) is 0 Å². The number of hydrogen-bond acceptors (Lipinski definition) is 6. The van der Waals surface area contributed by atoms with Gasteiger partial charge < -0.3 is 14.2 Å². The number of hydrogen-bond donors (Lipinski definition) is 0. The number of ether oxygens (including phenoxy) is 3. The molecule has 0 aromatic rings. The Morgan fingerprint density at radius 3 is 0.747 bits per heavy atom. The quantitative estimate of drug-likeness (QED) is 0.0261. The number of carbonyl (C=O) groups is 3. The highest BCUT2D eigenvalue weighted by atomic mass is 16.6. The monoisotopic (exact) mass is 1110 g/mol. The van der Waals surface area contributed by atoms with Gasteiger partial charge in [-0.05, 0) is 109 Å². The molecule has 0 N–H and O–H groups in total. The zero-order valence-corrected chi connectivity index (χ0v) is 52.9. The van der Waals surface area contributed by atoms with E-state index in [4.69, 9.17) is 14.2 Å². The molecule has 0 aromatic heterocycles. The lowest BCUT2D eigenvalue weighted by Gasteiger charge is -2.18. The van der Waals surface area contributed by atoms with Crippen LogP contribution in [0.2, 0.25) is 0 Å². The average Bonchev–Trinajstić information content (AvgIpc) is 3.45. The number of carbonyl (C=O) groups excluding carboxylic acids is 3. The fourth-order valence-electron chi connectivity index (χ4n) is 10.2. The van der Waals surface area contributed by atoms with E-state index in [0.29, 0.717) is 19.3 Å². The van der Waals surface area contributed by atoms with Crippen LogP contribution in [0.3, 0.4) is 0 Å². The zero-order valence-electron chi connectivity index (χ0n) is 52.9. The molecule has 79 heavy (non-hydrogen) atoms. The third-order valence-corrected chi connectivity index (χ3v) is 15.5. The Balaban J connectivity index is 4.36. The highest BCUT2D eigenvalue weighted by molar-refractivity contribution is 5.71. The van der Waals surface area contributed by atoms with Gasteiger partial charge >= 0.3 is 17.9 Å². The maximum atomic E-state index is 12.9. The highest BCUT2D eigenvalue weighted by Gasteiger charge is 2.19. The molecule has 0 spiro atoms. The molecule has 0 radical (unpaired) electrons. The Kier molecular flexibility index (Phi) is 65.1.